The summed E-state index contributed by atoms with van der Waals surface area (Å²) < 4.78 is 7.03. The first-order valence-electron chi connectivity index (χ1n) is 5.50. The van der Waals surface area contributed by atoms with Crippen molar-refractivity contribution < 1.29 is 4.74 Å². The Kier molecular flexibility index (Phi) is 3.41. The van der Waals surface area contributed by atoms with E-state index >= 15 is 0 Å². The Morgan fingerprint density at radius 3 is 3.00 bits per heavy atom. The van der Waals surface area contributed by atoms with Crippen LogP contribution in [-0.2, 0) is 4.74 Å². The van der Waals surface area contributed by atoms with Crippen LogP contribution in [0.3, 0.4) is 0 Å². The van der Waals surface area contributed by atoms with Crippen molar-refractivity contribution in [3.63, 3.8) is 0 Å². The summed E-state index contributed by atoms with van der Waals surface area (Å²) in [5.41, 5.74) is 5.16. The summed E-state index contributed by atoms with van der Waals surface area (Å²) in [6.07, 6.45) is 0.958. The minimum atomic E-state index is -0.468. The number of hydrogen-bond donors (Lipinski definition) is 3. The Labute approximate surface area is 97.6 Å². The number of aromatic nitrogens is 2. The van der Waals surface area contributed by atoms with Gasteiger partial charge in [0.2, 0.25) is 0 Å². The molecule has 4 N–H and O–H groups in total. The highest BCUT2D eigenvalue weighted by Crippen LogP contribution is 2.11. The molecule has 94 valence electrons. The van der Waals surface area contributed by atoms with Crippen LogP contribution in [0.25, 0.3) is 0 Å². The van der Waals surface area contributed by atoms with Crippen molar-refractivity contribution in [3.8, 4) is 0 Å². The number of nitrogens with one attached hydrogen (secondary N) is 2. The molecule has 1 fully saturated rings. The highest BCUT2D eigenvalue weighted by Gasteiger charge is 2.23. The molecule has 2 rings (SSSR count). The van der Waals surface area contributed by atoms with E-state index < -0.39 is 11.9 Å². The van der Waals surface area contributed by atoms with E-state index in [9.17, 15) is 9.59 Å². The molecule has 2 unspecified atom stereocenters. The lowest BCUT2D eigenvalue weighted by Crippen LogP contribution is -2.48. The highest BCUT2D eigenvalue weighted by molar-refractivity contribution is 5.01. The van der Waals surface area contributed by atoms with E-state index in [1.165, 1.54) is 10.8 Å². The largest absolute Gasteiger partial charge is 0.351 e. The van der Waals surface area contributed by atoms with Crippen molar-refractivity contribution in [3.05, 3.63) is 32.6 Å². The Morgan fingerprint density at radius 1 is 1.53 bits per heavy atom. The summed E-state index contributed by atoms with van der Waals surface area (Å²) in [6.45, 7) is 3.22. The number of H-pyrrole nitrogens is 1. The lowest BCUT2D eigenvalue weighted by Gasteiger charge is -2.31. The van der Waals surface area contributed by atoms with Gasteiger partial charge in [-0.1, -0.05) is 0 Å². The van der Waals surface area contributed by atoms with Crippen LogP contribution in [0.4, 0.5) is 0 Å². The molecule has 7 heteroatoms. The molecule has 0 bridgehead atoms. The molecule has 17 heavy (non-hydrogen) atoms. The standard InChI is InChI=1S/C10H16N4O3/c1-6-5-14(10(16)13-9(6)15)8-4-12-3-7(2-11)17-8/h5,7-8,12H,2-4,11H2,1H3,(H,13,15,16). The second-order valence-corrected chi connectivity index (χ2v) is 4.09. The molecule has 2 heterocycles. The van der Waals surface area contributed by atoms with E-state index in [1.807, 2.05) is 0 Å². The fourth-order valence-electron chi connectivity index (χ4n) is 1.79. The summed E-state index contributed by atoms with van der Waals surface area (Å²) in [6, 6.07) is 0. The van der Waals surface area contributed by atoms with Crippen molar-refractivity contribution in [2.45, 2.75) is 19.3 Å². The molecule has 2 atom stereocenters. The SMILES string of the molecule is Cc1cn(C2CNCC(CN)O2)c(=O)[nH]c1=O. The Hall–Kier alpha value is -1.44. The number of nitrogens with two attached hydrogens (primary N) is 1. The zero-order valence-corrected chi connectivity index (χ0v) is 9.60. The van der Waals surface area contributed by atoms with E-state index in [0.29, 0.717) is 25.2 Å². The second-order valence-electron chi connectivity index (χ2n) is 4.09. The van der Waals surface area contributed by atoms with Gasteiger partial charge < -0.3 is 15.8 Å². The summed E-state index contributed by atoms with van der Waals surface area (Å²) >= 11 is 0. The fourth-order valence-corrected chi connectivity index (χ4v) is 1.79. The second kappa shape index (κ2) is 4.82. The first kappa shape index (κ1) is 12.0. The smallest absolute Gasteiger partial charge is 0.330 e. The van der Waals surface area contributed by atoms with Gasteiger partial charge in [-0.25, -0.2) is 4.79 Å². The minimum absolute atomic E-state index is 0.118. The van der Waals surface area contributed by atoms with Crippen molar-refractivity contribution >= 4 is 0 Å². The monoisotopic (exact) mass is 240 g/mol. The van der Waals surface area contributed by atoms with Gasteiger partial charge in [-0.05, 0) is 6.92 Å². The third-order valence-electron chi connectivity index (χ3n) is 2.76. The maximum atomic E-state index is 11.7. The molecule has 0 aliphatic carbocycles. The average Bonchev–Trinajstić information content (AvgIpc) is 2.34. The summed E-state index contributed by atoms with van der Waals surface area (Å²) in [5.74, 6) is 0. The first-order chi connectivity index (χ1) is 8.11. The van der Waals surface area contributed by atoms with Gasteiger partial charge in [-0.3, -0.25) is 14.3 Å². The average molecular weight is 240 g/mol. The van der Waals surface area contributed by atoms with Gasteiger partial charge in [0.1, 0.15) is 0 Å². The van der Waals surface area contributed by atoms with E-state index in [4.69, 9.17) is 10.5 Å². The van der Waals surface area contributed by atoms with E-state index in [0.717, 1.165) is 0 Å². The summed E-state index contributed by atoms with van der Waals surface area (Å²) in [5, 5.41) is 3.14. The molecule has 1 saturated heterocycles. The van der Waals surface area contributed by atoms with Gasteiger partial charge >= 0.3 is 5.69 Å². The molecule has 0 amide bonds. The van der Waals surface area contributed by atoms with Crippen molar-refractivity contribution in [2.75, 3.05) is 19.6 Å². The zero-order chi connectivity index (χ0) is 12.4. The van der Waals surface area contributed by atoms with Crippen molar-refractivity contribution in [1.29, 1.82) is 0 Å². The predicted octanol–water partition coefficient (Wildman–Crippen LogP) is -1.71. The molecule has 0 saturated carbocycles. The maximum Gasteiger partial charge on any atom is 0.330 e. The molecule has 1 aliphatic heterocycles. The molecule has 0 aromatic carbocycles. The zero-order valence-electron chi connectivity index (χ0n) is 9.60. The Morgan fingerprint density at radius 2 is 2.29 bits per heavy atom. The van der Waals surface area contributed by atoms with E-state index in [-0.39, 0.29) is 11.7 Å². The van der Waals surface area contributed by atoms with Crippen LogP contribution in [0, 0.1) is 6.92 Å². The van der Waals surface area contributed by atoms with Crippen molar-refractivity contribution in [2.24, 2.45) is 5.73 Å². The lowest BCUT2D eigenvalue weighted by molar-refractivity contribution is -0.0745. The van der Waals surface area contributed by atoms with Gasteiger partial charge in [0, 0.05) is 31.4 Å². The van der Waals surface area contributed by atoms with Gasteiger partial charge in [0.25, 0.3) is 5.56 Å². The van der Waals surface area contributed by atoms with Crippen LogP contribution in [0.1, 0.15) is 11.8 Å². The lowest BCUT2D eigenvalue weighted by atomic mass is 10.3. The van der Waals surface area contributed by atoms with Crippen LogP contribution < -0.4 is 22.3 Å². The quantitative estimate of drug-likeness (QED) is 0.571. The summed E-state index contributed by atoms with van der Waals surface area (Å²) in [4.78, 5) is 25.2. The van der Waals surface area contributed by atoms with E-state index in [2.05, 4.69) is 10.3 Å². The van der Waals surface area contributed by atoms with Crippen molar-refractivity contribution in [1.82, 2.24) is 14.9 Å². The minimum Gasteiger partial charge on any atom is -0.351 e. The summed E-state index contributed by atoms with van der Waals surface area (Å²) in [7, 11) is 0. The number of morpholine rings is 1. The fraction of sp³-hybridized carbons (Fsp3) is 0.600. The maximum absolute atomic E-state index is 11.7. The molecular formula is C10H16N4O3. The number of ether oxygens (including phenoxy) is 1. The van der Waals surface area contributed by atoms with Crippen LogP contribution in [0.15, 0.2) is 15.8 Å². The predicted molar refractivity (Wildman–Crippen MR) is 61.9 cm³/mol. The van der Waals surface area contributed by atoms with Crippen LogP contribution in [0.5, 0.6) is 0 Å². The van der Waals surface area contributed by atoms with Crippen LogP contribution in [-0.4, -0.2) is 35.3 Å². The van der Waals surface area contributed by atoms with Gasteiger partial charge in [0.15, 0.2) is 6.23 Å². The molecule has 1 aromatic rings. The van der Waals surface area contributed by atoms with Gasteiger partial charge in [-0.2, -0.15) is 0 Å². The molecule has 7 nitrogen and oxygen atoms in total. The molecule has 1 aliphatic rings. The highest BCUT2D eigenvalue weighted by atomic mass is 16.5. The number of hydrogen-bond acceptors (Lipinski definition) is 5. The molecular weight excluding hydrogens is 224 g/mol. The third kappa shape index (κ3) is 2.46. The van der Waals surface area contributed by atoms with E-state index in [1.54, 1.807) is 6.92 Å². The number of aryl methyl sites for hydroxylation is 1. The third-order valence-corrected chi connectivity index (χ3v) is 2.76. The molecule has 0 radical (unpaired) electrons. The van der Waals surface area contributed by atoms with Gasteiger partial charge in [0.05, 0.1) is 6.10 Å². The molecule has 1 aromatic heterocycles. The van der Waals surface area contributed by atoms with Crippen LogP contribution >= 0.6 is 0 Å². The topological polar surface area (TPSA) is 102 Å². The first-order valence-corrected chi connectivity index (χ1v) is 5.50. The Balaban J connectivity index is 2.31. The number of rotatable bonds is 2. The van der Waals surface area contributed by atoms with Gasteiger partial charge in [-0.15, -0.1) is 0 Å². The van der Waals surface area contributed by atoms with Crippen LogP contribution in [0.2, 0.25) is 0 Å². The number of nitrogens with zero attached hydrogens (tertiary/aromatic N) is 1. The number of aromatic amines is 1. The molecule has 0 spiro atoms. The normalized spacial score (nSPS) is 24.8. The Bertz CT molecular complexity index is 507.